The highest BCUT2D eigenvalue weighted by Gasteiger charge is 2.09. The van der Waals surface area contributed by atoms with Gasteiger partial charge in [0.25, 0.3) is 5.91 Å². The van der Waals surface area contributed by atoms with E-state index < -0.39 is 0 Å². The zero-order chi connectivity index (χ0) is 17.6. The Labute approximate surface area is 147 Å². The van der Waals surface area contributed by atoms with E-state index in [-0.39, 0.29) is 5.91 Å². The summed E-state index contributed by atoms with van der Waals surface area (Å²) in [4.78, 5) is 20.6. The van der Waals surface area contributed by atoms with Crippen molar-refractivity contribution in [3.05, 3.63) is 83.4 Å². The van der Waals surface area contributed by atoms with Gasteiger partial charge in [0, 0.05) is 24.6 Å². The minimum atomic E-state index is -0.215. The highest BCUT2D eigenvalue weighted by Crippen LogP contribution is 2.17. The Kier molecular flexibility index (Phi) is 5.04. The second kappa shape index (κ2) is 7.57. The first-order valence-electron chi connectivity index (χ1n) is 8.09. The van der Waals surface area contributed by atoms with Crippen LogP contribution in [0, 0.1) is 13.8 Å². The lowest BCUT2D eigenvalue weighted by Crippen LogP contribution is -2.14. The van der Waals surface area contributed by atoms with Gasteiger partial charge in [-0.25, -0.2) is 4.98 Å². The van der Waals surface area contributed by atoms with Crippen molar-refractivity contribution in [2.24, 2.45) is 0 Å². The first-order chi connectivity index (χ1) is 12.1. The molecule has 2 N–H and O–H groups in total. The molecule has 0 aliphatic carbocycles. The molecule has 0 radical (unpaired) electrons. The van der Waals surface area contributed by atoms with Crippen LogP contribution in [0.3, 0.4) is 0 Å². The van der Waals surface area contributed by atoms with Gasteiger partial charge in [-0.15, -0.1) is 0 Å². The molecule has 0 unspecified atom stereocenters. The van der Waals surface area contributed by atoms with Crippen LogP contribution in [0.4, 0.5) is 11.4 Å². The lowest BCUT2D eigenvalue weighted by molar-refractivity contribution is 0.102. The summed E-state index contributed by atoms with van der Waals surface area (Å²) in [5, 5.41) is 6.17. The number of rotatable bonds is 5. The Balaban J connectivity index is 1.62. The van der Waals surface area contributed by atoms with E-state index in [9.17, 15) is 4.79 Å². The zero-order valence-corrected chi connectivity index (χ0v) is 14.3. The van der Waals surface area contributed by atoms with Gasteiger partial charge < -0.3 is 10.6 Å². The van der Waals surface area contributed by atoms with Crippen molar-refractivity contribution in [2.45, 2.75) is 20.4 Å². The molecule has 3 aromatic rings. The fourth-order valence-electron chi connectivity index (χ4n) is 2.48. The molecule has 2 aromatic heterocycles. The van der Waals surface area contributed by atoms with Gasteiger partial charge in [-0.3, -0.25) is 9.78 Å². The monoisotopic (exact) mass is 332 g/mol. The fourth-order valence-corrected chi connectivity index (χ4v) is 2.48. The van der Waals surface area contributed by atoms with Crippen LogP contribution >= 0.6 is 0 Å². The summed E-state index contributed by atoms with van der Waals surface area (Å²) < 4.78 is 0. The van der Waals surface area contributed by atoms with Gasteiger partial charge in [-0.2, -0.15) is 0 Å². The third-order valence-electron chi connectivity index (χ3n) is 3.87. The van der Waals surface area contributed by atoms with Crippen LogP contribution in [0.25, 0.3) is 0 Å². The summed E-state index contributed by atoms with van der Waals surface area (Å²) in [6, 6.07) is 13.4. The van der Waals surface area contributed by atoms with Crippen molar-refractivity contribution in [2.75, 3.05) is 10.6 Å². The van der Waals surface area contributed by atoms with Gasteiger partial charge in [0.15, 0.2) is 0 Å². The molecule has 5 nitrogen and oxygen atoms in total. The normalized spacial score (nSPS) is 10.3. The predicted octanol–water partition coefficient (Wildman–Crippen LogP) is 3.96. The molecule has 0 aliphatic heterocycles. The maximum Gasteiger partial charge on any atom is 0.274 e. The van der Waals surface area contributed by atoms with E-state index in [0.29, 0.717) is 12.2 Å². The van der Waals surface area contributed by atoms with Crippen molar-refractivity contribution in [3.8, 4) is 0 Å². The molecule has 0 saturated carbocycles. The molecular formula is C20H20N4O. The number of carbonyl (C=O) groups excluding carboxylic acids is 1. The van der Waals surface area contributed by atoms with Crippen molar-refractivity contribution in [3.63, 3.8) is 0 Å². The Morgan fingerprint density at radius 3 is 2.52 bits per heavy atom. The van der Waals surface area contributed by atoms with Crippen LogP contribution in [0.15, 0.2) is 61.1 Å². The van der Waals surface area contributed by atoms with Gasteiger partial charge in [0.05, 0.1) is 11.9 Å². The molecule has 1 aromatic carbocycles. The highest BCUT2D eigenvalue weighted by molar-refractivity contribution is 6.03. The van der Waals surface area contributed by atoms with E-state index in [0.717, 1.165) is 22.5 Å². The molecule has 0 saturated heterocycles. The van der Waals surface area contributed by atoms with E-state index in [2.05, 4.69) is 20.6 Å². The second-order valence-electron chi connectivity index (χ2n) is 5.91. The molecule has 3 rings (SSSR count). The van der Waals surface area contributed by atoms with Gasteiger partial charge in [-0.1, -0.05) is 17.7 Å². The van der Waals surface area contributed by atoms with Crippen LogP contribution < -0.4 is 10.6 Å². The number of anilines is 2. The number of amides is 1. The van der Waals surface area contributed by atoms with Crippen LogP contribution in [-0.4, -0.2) is 15.9 Å². The van der Waals surface area contributed by atoms with Gasteiger partial charge >= 0.3 is 0 Å². The van der Waals surface area contributed by atoms with Gasteiger partial charge in [0.1, 0.15) is 5.69 Å². The molecule has 0 atom stereocenters. The molecule has 25 heavy (non-hydrogen) atoms. The Bertz CT molecular complexity index is 861. The fraction of sp³-hybridized carbons (Fsp3) is 0.150. The Morgan fingerprint density at radius 1 is 1.04 bits per heavy atom. The maximum absolute atomic E-state index is 12.3. The molecule has 0 bridgehead atoms. The average Bonchev–Trinajstić information content (AvgIpc) is 2.63. The number of nitrogens with zero attached hydrogens (tertiary/aromatic N) is 2. The van der Waals surface area contributed by atoms with Crippen molar-refractivity contribution < 1.29 is 4.79 Å². The van der Waals surface area contributed by atoms with Crippen molar-refractivity contribution in [1.82, 2.24) is 9.97 Å². The van der Waals surface area contributed by atoms with E-state index in [1.54, 1.807) is 24.7 Å². The number of nitrogens with one attached hydrogen (secondary N) is 2. The minimum absolute atomic E-state index is 0.215. The highest BCUT2D eigenvalue weighted by atomic mass is 16.1. The third kappa shape index (κ3) is 4.41. The summed E-state index contributed by atoms with van der Waals surface area (Å²) in [7, 11) is 0. The second-order valence-corrected chi connectivity index (χ2v) is 5.91. The average molecular weight is 332 g/mol. The number of aromatic nitrogens is 2. The molecule has 0 aliphatic rings. The van der Waals surface area contributed by atoms with E-state index in [4.69, 9.17) is 0 Å². The number of pyridine rings is 2. The SMILES string of the molecule is Cc1ccc(NC(=O)c2ccc(NCc3ccncc3)cn2)c(C)c1. The third-order valence-corrected chi connectivity index (χ3v) is 3.87. The minimum Gasteiger partial charge on any atom is -0.380 e. The van der Waals surface area contributed by atoms with Crippen LogP contribution in [0.5, 0.6) is 0 Å². The lowest BCUT2D eigenvalue weighted by Gasteiger charge is -2.10. The summed E-state index contributed by atoms with van der Waals surface area (Å²) in [6.07, 6.45) is 5.18. The number of aryl methyl sites for hydroxylation is 2. The zero-order valence-electron chi connectivity index (χ0n) is 14.3. The van der Waals surface area contributed by atoms with E-state index in [1.165, 1.54) is 5.56 Å². The number of carbonyl (C=O) groups is 1. The number of benzene rings is 1. The lowest BCUT2D eigenvalue weighted by atomic mass is 10.1. The van der Waals surface area contributed by atoms with Crippen molar-refractivity contribution in [1.29, 1.82) is 0 Å². The smallest absolute Gasteiger partial charge is 0.274 e. The first kappa shape index (κ1) is 16.6. The van der Waals surface area contributed by atoms with Crippen molar-refractivity contribution >= 4 is 17.3 Å². The number of hydrogen-bond acceptors (Lipinski definition) is 4. The predicted molar refractivity (Wildman–Crippen MR) is 99.7 cm³/mol. The topological polar surface area (TPSA) is 66.9 Å². The summed E-state index contributed by atoms with van der Waals surface area (Å²) in [5.74, 6) is -0.215. The molecule has 2 heterocycles. The maximum atomic E-state index is 12.3. The first-order valence-corrected chi connectivity index (χ1v) is 8.09. The summed E-state index contributed by atoms with van der Waals surface area (Å²) >= 11 is 0. The Hall–Kier alpha value is -3.21. The molecular weight excluding hydrogens is 312 g/mol. The number of hydrogen-bond donors (Lipinski definition) is 2. The molecule has 0 spiro atoms. The van der Waals surface area contributed by atoms with Crippen LogP contribution in [-0.2, 0) is 6.54 Å². The molecule has 0 fully saturated rings. The van der Waals surface area contributed by atoms with Crippen LogP contribution in [0.1, 0.15) is 27.2 Å². The largest absolute Gasteiger partial charge is 0.380 e. The molecule has 1 amide bonds. The Morgan fingerprint density at radius 2 is 1.84 bits per heavy atom. The summed E-state index contributed by atoms with van der Waals surface area (Å²) in [5.41, 5.74) is 5.38. The standard InChI is InChI=1S/C20H20N4O/c1-14-3-5-18(15(2)11-14)24-20(25)19-6-4-17(13-23-19)22-12-16-7-9-21-10-8-16/h3-11,13,22H,12H2,1-2H3,(H,24,25). The van der Waals surface area contributed by atoms with Crippen LogP contribution in [0.2, 0.25) is 0 Å². The molecule has 5 heteroatoms. The quantitative estimate of drug-likeness (QED) is 0.742. The van der Waals surface area contributed by atoms with Gasteiger partial charge in [-0.05, 0) is 55.3 Å². The van der Waals surface area contributed by atoms with E-state index in [1.807, 2.05) is 50.2 Å². The summed E-state index contributed by atoms with van der Waals surface area (Å²) in [6.45, 7) is 4.68. The van der Waals surface area contributed by atoms with E-state index >= 15 is 0 Å². The van der Waals surface area contributed by atoms with Gasteiger partial charge in [0.2, 0.25) is 0 Å². The molecule has 126 valence electrons.